The average Bonchev–Trinajstić information content (AvgIpc) is 2.50. The molecule has 4 heteroatoms. The molecule has 1 unspecified atom stereocenters. The number of pyridine rings is 1. The molecule has 0 fully saturated rings. The van der Waals surface area contributed by atoms with E-state index in [2.05, 4.69) is 33.0 Å². The van der Waals surface area contributed by atoms with E-state index in [1.807, 2.05) is 42.5 Å². The lowest BCUT2D eigenvalue weighted by atomic mass is 10.0. The zero-order valence-corrected chi connectivity index (χ0v) is 13.6. The van der Waals surface area contributed by atoms with Crippen molar-refractivity contribution in [2.24, 2.45) is 5.73 Å². The van der Waals surface area contributed by atoms with Gasteiger partial charge in [-0.3, -0.25) is 4.98 Å². The molecule has 0 aliphatic heterocycles. The highest BCUT2D eigenvalue weighted by Gasteiger charge is 2.10. The summed E-state index contributed by atoms with van der Waals surface area (Å²) >= 11 is 9.51. The quantitative estimate of drug-likeness (QED) is 0.721. The maximum absolute atomic E-state index is 6.28. The van der Waals surface area contributed by atoms with Crippen LogP contribution in [0.2, 0.25) is 5.02 Å². The van der Waals surface area contributed by atoms with Gasteiger partial charge in [-0.15, -0.1) is 0 Å². The highest BCUT2D eigenvalue weighted by atomic mass is 79.9. The third kappa shape index (κ3) is 3.26. The van der Waals surface area contributed by atoms with E-state index < -0.39 is 0 Å². The molecule has 0 bridgehead atoms. The number of nitrogens with zero attached hydrogens (tertiary/aromatic N) is 1. The fourth-order valence-corrected chi connectivity index (χ4v) is 2.74. The van der Waals surface area contributed by atoms with Gasteiger partial charge in [0.1, 0.15) is 0 Å². The average molecular weight is 362 g/mol. The summed E-state index contributed by atoms with van der Waals surface area (Å²) in [6, 6.07) is 17.9. The topological polar surface area (TPSA) is 38.9 Å². The van der Waals surface area contributed by atoms with Crippen molar-refractivity contribution in [3.63, 3.8) is 0 Å². The van der Waals surface area contributed by atoms with E-state index in [1.54, 1.807) is 0 Å². The van der Waals surface area contributed by atoms with Crippen LogP contribution in [-0.2, 0) is 6.42 Å². The summed E-state index contributed by atoms with van der Waals surface area (Å²) in [7, 11) is 0. The molecule has 3 rings (SSSR count). The van der Waals surface area contributed by atoms with Gasteiger partial charge in [0, 0.05) is 28.0 Å². The van der Waals surface area contributed by atoms with Crippen LogP contribution in [0.3, 0.4) is 0 Å². The predicted octanol–water partition coefficient (Wildman–Crippen LogP) is 4.89. The highest BCUT2D eigenvalue weighted by molar-refractivity contribution is 9.10. The Labute approximate surface area is 137 Å². The molecule has 1 atom stereocenters. The van der Waals surface area contributed by atoms with Gasteiger partial charge in [0.2, 0.25) is 0 Å². The summed E-state index contributed by atoms with van der Waals surface area (Å²) in [6.07, 6.45) is 0.683. The molecule has 3 aromatic rings. The molecule has 0 aliphatic carbocycles. The molecule has 2 aromatic carbocycles. The van der Waals surface area contributed by atoms with Crippen LogP contribution in [0.4, 0.5) is 0 Å². The third-order valence-corrected chi connectivity index (χ3v) is 4.69. The number of rotatable bonds is 3. The molecule has 2 N–H and O–H groups in total. The second-order valence-electron chi connectivity index (χ2n) is 4.98. The van der Waals surface area contributed by atoms with Gasteiger partial charge in [-0.1, -0.05) is 41.9 Å². The van der Waals surface area contributed by atoms with E-state index in [-0.39, 0.29) is 6.04 Å². The Morgan fingerprint density at radius 1 is 1.10 bits per heavy atom. The van der Waals surface area contributed by atoms with Gasteiger partial charge in [0.15, 0.2) is 0 Å². The second-order valence-corrected chi connectivity index (χ2v) is 6.24. The molecule has 0 radical (unpaired) electrons. The molecule has 0 spiro atoms. The number of hydrogen-bond donors (Lipinski definition) is 1. The lowest BCUT2D eigenvalue weighted by Crippen LogP contribution is -2.14. The summed E-state index contributed by atoms with van der Waals surface area (Å²) in [5.41, 5.74) is 9.27. The van der Waals surface area contributed by atoms with Crippen LogP contribution in [0, 0.1) is 0 Å². The highest BCUT2D eigenvalue weighted by Crippen LogP contribution is 2.26. The zero-order valence-electron chi connectivity index (χ0n) is 11.3. The van der Waals surface area contributed by atoms with Crippen LogP contribution in [0.25, 0.3) is 10.9 Å². The Balaban J connectivity index is 1.85. The summed E-state index contributed by atoms with van der Waals surface area (Å²) in [5, 5.41) is 1.82. The maximum Gasteiger partial charge on any atom is 0.0705 e. The first-order valence-electron chi connectivity index (χ1n) is 6.69. The number of benzene rings is 2. The van der Waals surface area contributed by atoms with Gasteiger partial charge in [-0.25, -0.2) is 0 Å². The monoisotopic (exact) mass is 360 g/mol. The second kappa shape index (κ2) is 6.14. The van der Waals surface area contributed by atoms with Gasteiger partial charge in [0.05, 0.1) is 10.5 Å². The van der Waals surface area contributed by atoms with Crippen molar-refractivity contribution < 1.29 is 0 Å². The van der Waals surface area contributed by atoms with Gasteiger partial charge >= 0.3 is 0 Å². The zero-order chi connectivity index (χ0) is 14.8. The Morgan fingerprint density at radius 2 is 1.90 bits per heavy atom. The smallest absolute Gasteiger partial charge is 0.0705 e. The number of fused-ring (bicyclic) bond motifs is 1. The van der Waals surface area contributed by atoms with Crippen LogP contribution >= 0.6 is 27.5 Å². The molecule has 0 amide bonds. The molecule has 1 heterocycles. The van der Waals surface area contributed by atoms with Crippen molar-refractivity contribution in [1.82, 2.24) is 4.98 Å². The minimum absolute atomic E-state index is 0.121. The summed E-state index contributed by atoms with van der Waals surface area (Å²) in [5.74, 6) is 0. The van der Waals surface area contributed by atoms with Gasteiger partial charge in [-0.05, 0) is 45.8 Å². The standard InChI is InChI=1S/C17H14BrClN2/c18-14-8-6-12(9-15(14)19)16(20)10-13-7-5-11-3-1-2-4-17(11)21-13/h1-9,16H,10,20H2. The fourth-order valence-electron chi connectivity index (χ4n) is 2.31. The van der Waals surface area contributed by atoms with Crippen molar-refractivity contribution in [3.8, 4) is 0 Å². The van der Waals surface area contributed by atoms with Crippen molar-refractivity contribution in [3.05, 3.63) is 75.4 Å². The van der Waals surface area contributed by atoms with Gasteiger partial charge in [0.25, 0.3) is 0 Å². The Hall–Kier alpha value is -1.42. The van der Waals surface area contributed by atoms with Crippen molar-refractivity contribution >= 4 is 38.4 Å². The van der Waals surface area contributed by atoms with Crippen LogP contribution in [0.15, 0.2) is 59.1 Å². The van der Waals surface area contributed by atoms with E-state index in [4.69, 9.17) is 17.3 Å². The van der Waals surface area contributed by atoms with E-state index in [0.29, 0.717) is 11.4 Å². The van der Waals surface area contributed by atoms with Crippen molar-refractivity contribution in [2.75, 3.05) is 0 Å². The first-order chi connectivity index (χ1) is 10.1. The molecular weight excluding hydrogens is 348 g/mol. The molecule has 0 aliphatic rings. The molecule has 21 heavy (non-hydrogen) atoms. The normalized spacial score (nSPS) is 12.5. The van der Waals surface area contributed by atoms with E-state index in [0.717, 1.165) is 26.6 Å². The summed E-state index contributed by atoms with van der Waals surface area (Å²) in [6.45, 7) is 0. The third-order valence-electron chi connectivity index (χ3n) is 3.46. The lowest BCUT2D eigenvalue weighted by molar-refractivity contribution is 0.709. The molecule has 0 saturated carbocycles. The molecule has 0 saturated heterocycles. The SMILES string of the molecule is NC(Cc1ccc2ccccc2n1)c1ccc(Br)c(Cl)c1. The fraction of sp³-hybridized carbons (Fsp3) is 0.118. The molecule has 106 valence electrons. The number of nitrogens with two attached hydrogens (primary N) is 1. The van der Waals surface area contributed by atoms with Crippen molar-refractivity contribution in [1.29, 1.82) is 0 Å². The maximum atomic E-state index is 6.28. The van der Waals surface area contributed by atoms with E-state index in [1.165, 1.54) is 0 Å². The number of aromatic nitrogens is 1. The van der Waals surface area contributed by atoms with Crippen molar-refractivity contribution in [2.45, 2.75) is 12.5 Å². The van der Waals surface area contributed by atoms with Gasteiger partial charge < -0.3 is 5.73 Å². The van der Waals surface area contributed by atoms with Crippen LogP contribution in [0.5, 0.6) is 0 Å². The molecular formula is C17H14BrClN2. The Morgan fingerprint density at radius 3 is 2.71 bits per heavy atom. The number of hydrogen-bond acceptors (Lipinski definition) is 2. The minimum Gasteiger partial charge on any atom is -0.324 e. The number of halogens is 2. The van der Waals surface area contributed by atoms with E-state index in [9.17, 15) is 0 Å². The number of para-hydroxylation sites is 1. The molecule has 2 nitrogen and oxygen atoms in total. The van der Waals surface area contributed by atoms with Gasteiger partial charge in [-0.2, -0.15) is 0 Å². The predicted molar refractivity (Wildman–Crippen MR) is 91.5 cm³/mol. The molecule has 1 aromatic heterocycles. The van der Waals surface area contributed by atoms with Crippen LogP contribution in [-0.4, -0.2) is 4.98 Å². The van der Waals surface area contributed by atoms with Crippen LogP contribution < -0.4 is 5.73 Å². The Kier molecular flexibility index (Phi) is 4.24. The first-order valence-corrected chi connectivity index (χ1v) is 7.86. The first kappa shape index (κ1) is 14.5. The largest absolute Gasteiger partial charge is 0.324 e. The Bertz CT molecular complexity index is 789. The van der Waals surface area contributed by atoms with E-state index >= 15 is 0 Å². The lowest BCUT2D eigenvalue weighted by Gasteiger charge is -2.13. The summed E-state index contributed by atoms with van der Waals surface area (Å²) < 4.78 is 0.879. The van der Waals surface area contributed by atoms with Crippen LogP contribution in [0.1, 0.15) is 17.3 Å². The summed E-state index contributed by atoms with van der Waals surface area (Å²) in [4.78, 5) is 4.66. The minimum atomic E-state index is -0.121.